The first kappa shape index (κ1) is 14.7. The van der Waals surface area contributed by atoms with E-state index in [2.05, 4.69) is 13.8 Å². The molecule has 0 saturated heterocycles. The average molecular weight is 278 g/mol. The first-order chi connectivity index (χ1) is 9.43. The summed E-state index contributed by atoms with van der Waals surface area (Å²) in [5.41, 5.74) is 1.63. The van der Waals surface area contributed by atoms with E-state index in [-0.39, 0.29) is 11.2 Å². The molecule has 1 aromatic rings. The van der Waals surface area contributed by atoms with E-state index in [4.69, 9.17) is 14.2 Å². The Morgan fingerprint density at radius 3 is 2.25 bits per heavy atom. The minimum Gasteiger partial charge on any atom is -0.493 e. The van der Waals surface area contributed by atoms with Crippen LogP contribution in [0.1, 0.15) is 42.6 Å². The molecule has 0 atom stereocenters. The molecule has 4 nitrogen and oxygen atoms in total. The van der Waals surface area contributed by atoms with E-state index in [1.54, 1.807) is 27.4 Å². The van der Waals surface area contributed by atoms with Gasteiger partial charge in [0.05, 0.1) is 21.3 Å². The van der Waals surface area contributed by atoms with Crippen molar-refractivity contribution in [2.75, 3.05) is 21.3 Å². The third kappa shape index (κ3) is 2.47. The largest absolute Gasteiger partial charge is 0.493 e. The predicted molar refractivity (Wildman–Crippen MR) is 77.1 cm³/mol. The monoisotopic (exact) mass is 278 g/mol. The third-order valence-electron chi connectivity index (χ3n) is 3.92. The molecule has 1 aliphatic rings. The number of rotatable bonds is 3. The summed E-state index contributed by atoms with van der Waals surface area (Å²) in [6, 6.07) is 1.78. The second kappa shape index (κ2) is 5.35. The fraction of sp³-hybridized carbons (Fsp3) is 0.562. The van der Waals surface area contributed by atoms with Crippen LogP contribution in [0.2, 0.25) is 0 Å². The smallest absolute Gasteiger partial charge is 0.203 e. The van der Waals surface area contributed by atoms with Gasteiger partial charge in [0.2, 0.25) is 5.75 Å². The third-order valence-corrected chi connectivity index (χ3v) is 3.92. The summed E-state index contributed by atoms with van der Waals surface area (Å²) in [7, 11) is 4.74. The highest BCUT2D eigenvalue weighted by Crippen LogP contribution is 2.46. The van der Waals surface area contributed by atoms with Gasteiger partial charge < -0.3 is 14.2 Å². The van der Waals surface area contributed by atoms with Crippen LogP contribution < -0.4 is 14.2 Å². The van der Waals surface area contributed by atoms with Gasteiger partial charge in [0.15, 0.2) is 17.3 Å². The van der Waals surface area contributed by atoms with E-state index in [9.17, 15) is 4.79 Å². The van der Waals surface area contributed by atoms with Crippen molar-refractivity contribution in [3.63, 3.8) is 0 Å². The molecule has 0 bridgehead atoms. The van der Waals surface area contributed by atoms with Crippen molar-refractivity contribution in [2.45, 2.75) is 33.1 Å². The summed E-state index contributed by atoms with van der Waals surface area (Å²) in [6.07, 6.45) is 2.29. The molecular weight excluding hydrogens is 256 g/mol. The number of ketones is 1. The van der Waals surface area contributed by atoms with E-state index < -0.39 is 0 Å². The molecule has 0 heterocycles. The van der Waals surface area contributed by atoms with E-state index in [1.165, 1.54) is 0 Å². The Morgan fingerprint density at radius 2 is 1.70 bits per heavy atom. The molecule has 0 radical (unpaired) electrons. The first-order valence-corrected chi connectivity index (χ1v) is 6.78. The molecule has 0 spiro atoms. The van der Waals surface area contributed by atoms with Crippen molar-refractivity contribution in [3.8, 4) is 17.2 Å². The van der Waals surface area contributed by atoms with Crippen LogP contribution in [0.15, 0.2) is 6.07 Å². The standard InChI is InChI=1S/C16H22O4/c1-16(2)7-6-10-11(12(17)9-16)8-13(18-3)15(20-5)14(10)19-4/h8H,6-7,9H2,1-5H3. The molecule has 20 heavy (non-hydrogen) atoms. The van der Waals surface area contributed by atoms with E-state index in [0.717, 1.165) is 18.4 Å². The number of hydrogen-bond donors (Lipinski definition) is 0. The second-order valence-electron chi connectivity index (χ2n) is 5.94. The molecule has 110 valence electrons. The van der Waals surface area contributed by atoms with Crippen LogP contribution >= 0.6 is 0 Å². The summed E-state index contributed by atoms with van der Waals surface area (Å²) < 4.78 is 16.2. The molecule has 2 rings (SSSR count). The molecule has 0 fully saturated rings. The highest BCUT2D eigenvalue weighted by atomic mass is 16.5. The second-order valence-corrected chi connectivity index (χ2v) is 5.94. The van der Waals surface area contributed by atoms with Crippen LogP contribution in [0, 0.1) is 5.41 Å². The van der Waals surface area contributed by atoms with Crippen LogP contribution in [0.5, 0.6) is 17.2 Å². The number of fused-ring (bicyclic) bond motifs is 1. The van der Waals surface area contributed by atoms with Crippen molar-refractivity contribution < 1.29 is 19.0 Å². The number of carbonyl (C=O) groups excluding carboxylic acids is 1. The molecule has 0 saturated carbocycles. The summed E-state index contributed by atoms with van der Waals surface area (Å²) in [6.45, 7) is 4.25. The van der Waals surface area contributed by atoms with Crippen LogP contribution in [0.25, 0.3) is 0 Å². The van der Waals surface area contributed by atoms with E-state index in [1.807, 2.05) is 0 Å². The van der Waals surface area contributed by atoms with Crippen molar-refractivity contribution in [3.05, 3.63) is 17.2 Å². The maximum atomic E-state index is 12.5. The van der Waals surface area contributed by atoms with Crippen LogP contribution in [0.3, 0.4) is 0 Å². The summed E-state index contributed by atoms with van der Waals surface area (Å²) in [5, 5.41) is 0. The molecule has 1 aromatic carbocycles. The highest BCUT2D eigenvalue weighted by Gasteiger charge is 2.32. The lowest BCUT2D eigenvalue weighted by Crippen LogP contribution is -2.14. The number of hydrogen-bond acceptors (Lipinski definition) is 4. The van der Waals surface area contributed by atoms with Gasteiger partial charge in [0, 0.05) is 17.5 Å². The molecule has 0 N–H and O–H groups in total. The topological polar surface area (TPSA) is 44.8 Å². The Balaban J connectivity index is 2.65. The van der Waals surface area contributed by atoms with Gasteiger partial charge in [-0.1, -0.05) is 13.8 Å². The zero-order valence-electron chi connectivity index (χ0n) is 12.8. The van der Waals surface area contributed by atoms with E-state index in [0.29, 0.717) is 29.2 Å². The summed E-state index contributed by atoms with van der Waals surface area (Å²) in [4.78, 5) is 12.5. The Kier molecular flexibility index (Phi) is 3.93. The Labute approximate surface area is 120 Å². The molecule has 0 aromatic heterocycles. The van der Waals surface area contributed by atoms with Gasteiger partial charge in [-0.25, -0.2) is 0 Å². The first-order valence-electron chi connectivity index (χ1n) is 6.78. The number of benzene rings is 1. The summed E-state index contributed by atoms with van der Waals surface area (Å²) >= 11 is 0. The van der Waals surface area contributed by atoms with Gasteiger partial charge in [0.1, 0.15) is 0 Å². The van der Waals surface area contributed by atoms with E-state index >= 15 is 0 Å². The lowest BCUT2D eigenvalue weighted by Gasteiger charge is -2.20. The zero-order chi connectivity index (χ0) is 14.9. The molecule has 1 aliphatic carbocycles. The van der Waals surface area contributed by atoms with Crippen molar-refractivity contribution >= 4 is 5.78 Å². The fourth-order valence-electron chi connectivity index (χ4n) is 2.79. The molecular formula is C16H22O4. The number of ether oxygens (including phenoxy) is 3. The SMILES string of the molecule is COc1cc2c(c(OC)c1OC)CCC(C)(C)CC2=O. The lowest BCUT2D eigenvalue weighted by molar-refractivity contribution is 0.0933. The number of Topliss-reactive ketones (excluding diaryl/α,β-unsaturated/α-hetero) is 1. The minimum absolute atomic E-state index is 0.00157. The normalized spacial score (nSPS) is 17.1. The van der Waals surface area contributed by atoms with Crippen molar-refractivity contribution in [1.29, 1.82) is 0 Å². The molecule has 4 heteroatoms. The maximum Gasteiger partial charge on any atom is 0.203 e. The Morgan fingerprint density at radius 1 is 1.05 bits per heavy atom. The maximum absolute atomic E-state index is 12.5. The lowest BCUT2D eigenvalue weighted by atomic mass is 9.84. The predicted octanol–water partition coefficient (Wildman–Crippen LogP) is 3.26. The van der Waals surface area contributed by atoms with Gasteiger partial charge in [-0.3, -0.25) is 4.79 Å². The van der Waals surface area contributed by atoms with Gasteiger partial charge >= 0.3 is 0 Å². The molecule has 0 amide bonds. The van der Waals surface area contributed by atoms with Crippen LogP contribution in [-0.4, -0.2) is 27.1 Å². The molecule has 0 aliphatic heterocycles. The van der Waals surface area contributed by atoms with Gasteiger partial charge in [0.25, 0.3) is 0 Å². The minimum atomic E-state index is 0.00157. The van der Waals surface area contributed by atoms with Gasteiger partial charge in [-0.15, -0.1) is 0 Å². The van der Waals surface area contributed by atoms with Crippen molar-refractivity contribution in [1.82, 2.24) is 0 Å². The van der Waals surface area contributed by atoms with Crippen molar-refractivity contribution in [2.24, 2.45) is 5.41 Å². The average Bonchev–Trinajstić information content (AvgIpc) is 2.52. The fourth-order valence-corrected chi connectivity index (χ4v) is 2.79. The highest BCUT2D eigenvalue weighted by molar-refractivity contribution is 6.00. The van der Waals surface area contributed by atoms with Crippen LogP contribution in [-0.2, 0) is 6.42 Å². The number of carbonyl (C=O) groups is 1. The number of methoxy groups -OCH3 is 3. The Bertz CT molecular complexity index is 532. The van der Waals surface area contributed by atoms with Gasteiger partial charge in [-0.05, 0) is 24.3 Å². The Hall–Kier alpha value is -1.71. The quantitative estimate of drug-likeness (QED) is 0.796. The zero-order valence-corrected chi connectivity index (χ0v) is 12.8. The van der Waals surface area contributed by atoms with Gasteiger partial charge in [-0.2, -0.15) is 0 Å². The summed E-state index contributed by atoms with van der Waals surface area (Å²) in [5.74, 6) is 1.85. The van der Waals surface area contributed by atoms with Crippen LogP contribution in [0.4, 0.5) is 0 Å². The molecule has 0 unspecified atom stereocenters.